The van der Waals surface area contributed by atoms with Gasteiger partial charge in [0.1, 0.15) is 5.75 Å². The summed E-state index contributed by atoms with van der Waals surface area (Å²) in [5.41, 5.74) is 1.04. The minimum atomic E-state index is -0.386. The summed E-state index contributed by atoms with van der Waals surface area (Å²) < 4.78 is 5.19. The van der Waals surface area contributed by atoms with Gasteiger partial charge in [-0.2, -0.15) is 0 Å². The molecule has 0 fully saturated rings. The normalized spacial score (nSPS) is 12.6. The van der Waals surface area contributed by atoms with E-state index in [1.165, 1.54) is 0 Å². The minimum Gasteiger partial charge on any atom is -0.497 e. The summed E-state index contributed by atoms with van der Waals surface area (Å²) in [7, 11) is 3.62. The summed E-state index contributed by atoms with van der Waals surface area (Å²) in [6, 6.07) is 8.22. The summed E-state index contributed by atoms with van der Waals surface area (Å²) in [6.45, 7) is 5.33. The van der Waals surface area contributed by atoms with Gasteiger partial charge in [-0.1, -0.05) is 19.9 Å². The number of aliphatic hydroxyl groups is 1. The molecule has 0 amide bonds. The van der Waals surface area contributed by atoms with Crippen molar-refractivity contribution >= 4 is 5.69 Å². The molecule has 0 aliphatic heterocycles. The highest BCUT2D eigenvalue weighted by Gasteiger charge is 2.09. The molecule has 102 valence electrons. The van der Waals surface area contributed by atoms with Crippen LogP contribution in [0.4, 0.5) is 5.69 Å². The van der Waals surface area contributed by atoms with Crippen LogP contribution in [-0.2, 0) is 0 Å². The molecule has 1 aromatic carbocycles. The molecule has 4 heteroatoms. The number of ether oxygens (including phenoxy) is 1. The molecular weight excluding hydrogens is 228 g/mol. The Balaban J connectivity index is 2.50. The van der Waals surface area contributed by atoms with Crippen molar-refractivity contribution in [2.75, 3.05) is 32.1 Å². The first-order chi connectivity index (χ1) is 8.52. The van der Waals surface area contributed by atoms with Crippen LogP contribution in [0.1, 0.15) is 13.8 Å². The van der Waals surface area contributed by atoms with Gasteiger partial charge in [-0.3, -0.25) is 0 Å². The smallest absolute Gasteiger partial charge is 0.120 e. The molecule has 0 saturated heterocycles. The number of benzene rings is 1. The number of rotatable bonds is 7. The molecule has 0 aliphatic rings. The standard InChI is InChI=1S/C14H24N2O2/c1-11(2)15-9-13(17)10-16(3)12-6-5-7-14(8-12)18-4/h5-8,11,13,15,17H,9-10H2,1-4H3. The first-order valence-corrected chi connectivity index (χ1v) is 6.29. The summed E-state index contributed by atoms with van der Waals surface area (Å²) in [5.74, 6) is 0.828. The third-order valence-corrected chi connectivity index (χ3v) is 2.74. The van der Waals surface area contributed by atoms with Crippen molar-refractivity contribution in [3.63, 3.8) is 0 Å². The van der Waals surface area contributed by atoms with Gasteiger partial charge in [-0.05, 0) is 12.1 Å². The van der Waals surface area contributed by atoms with Gasteiger partial charge >= 0.3 is 0 Å². The largest absolute Gasteiger partial charge is 0.497 e. The zero-order chi connectivity index (χ0) is 13.5. The second-order valence-electron chi connectivity index (χ2n) is 4.80. The predicted octanol–water partition coefficient (Wildman–Crippen LogP) is 1.49. The summed E-state index contributed by atoms with van der Waals surface area (Å²) >= 11 is 0. The maximum atomic E-state index is 9.92. The van der Waals surface area contributed by atoms with Gasteiger partial charge < -0.3 is 20.1 Å². The van der Waals surface area contributed by atoms with Gasteiger partial charge in [-0.25, -0.2) is 0 Å². The molecule has 1 unspecified atom stereocenters. The number of aliphatic hydroxyl groups excluding tert-OH is 1. The maximum absolute atomic E-state index is 9.92. The number of nitrogens with one attached hydrogen (secondary N) is 1. The summed E-state index contributed by atoms with van der Waals surface area (Å²) in [6.07, 6.45) is -0.386. The predicted molar refractivity (Wildman–Crippen MR) is 75.4 cm³/mol. The van der Waals surface area contributed by atoms with Gasteiger partial charge in [0.25, 0.3) is 0 Å². The Labute approximate surface area is 110 Å². The molecule has 0 radical (unpaired) electrons. The van der Waals surface area contributed by atoms with Crippen molar-refractivity contribution in [3.8, 4) is 5.75 Å². The molecule has 0 spiro atoms. The van der Waals surface area contributed by atoms with Crippen LogP contribution in [0.2, 0.25) is 0 Å². The topological polar surface area (TPSA) is 44.7 Å². The molecule has 18 heavy (non-hydrogen) atoms. The van der Waals surface area contributed by atoms with Crippen LogP contribution in [0.15, 0.2) is 24.3 Å². The van der Waals surface area contributed by atoms with E-state index in [1.54, 1.807) is 7.11 Å². The number of methoxy groups -OCH3 is 1. The van der Waals surface area contributed by atoms with E-state index in [-0.39, 0.29) is 6.10 Å². The van der Waals surface area contributed by atoms with E-state index in [9.17, 15) is 5.11 Å². The molecule has 0 aromatic heterocycles. The Morgan fingerprint density at radius 2 is 2.11 bits per heavy atom. The minimum absolute atomic E-state index is 0.386. The number of nitrogens with zero attached hydrogens (tertiary/aromatic N) is 1. The fourth-order valence-corrected chi connectivity index (χ4v) is 1.71. The van der Waals surface area contributed by atoms with Gasteiger partial charge in [0.05, 0.1) is 13.2 Å². The van der Waals surface area contributed by atoms with Crippen LogP contribution in [0, 0.1) is 0 Å². The van der Waals surface area contributed by atoms with E-state index in [1.807, 2.05) is 36.2 Å². The zero-order valence-corrected chi connectivity index (χ0v) is 11.7. The highest BCUT2D eigenvalue weighted by atomic mass is 16.5. The number of likely N-dealkylation sites (N-methyl/N-ethyl adjacent to an activating group) is 1. The van der Waals surface area contributed by atoms with E-state index < -0.39 is 0 Å². The average molecular weight is 252 g/mol. The number of hydrogen-bond donors (Lipinski definition) is 2. The third kappa shape index (κ3) is 4.94. The monoisotopic (exact) mass is 252 g/mol. The van der Waals surface area contributed by atoms with Crippen LogP contribution in [0.5, 0.6) is 5.75 Å². The Hall–Kier alpha value is -1.26. The molecule has 0 heterocycles. The van der Waals surface area contributed by atoms with Gasteiger partial charge in [-0.15, -0.1) is 0 Å². The van der Waals surface area contributed by atoms with Gasteiger partial charge in [0.15, 0.2) is 0 Å². The third-order valence-electron chi connectivity index (χ3n) is 2.74. The lowest BCUT2D eigenvalue weighted by molar-refractivity contribution is 0.175. The lowest BCUT2D eigenvalue weighted by atomic mass is 10.2. The molecule has 1 rings (SSSR count). The van der Waals surface area contributed by atoms with E-state index in [2.05, 4.69) is 19.2 Å². The molecule has 4 nitrogen and oxygen atoms in total. The van der Waals surface area contributed by atoms with Crippen molar-refractivity contribution in [1.29, 1.82) is 0 Å². The van der Waals surface area contributed by atoms with Crippen molar-refractivity contribution in [1.82, 2.24) is 5.32 Å². The zero-order valence-electron chi connectivity index (χ0n) is 11.7. The lowest BCUT2D eigenvalue weighted by Gasteiger charge is -2.24. The second-order valence-corrected chi connectivity index (χ2v) is 4.80. The summed E-state index contributed by atoms with van der Waals surface area (Å²) in [4.78, 5) is 2.02. The van der Waals surface area contributed by atoms with Crippen molar-refractivity contribution in [2.45, 2.75) is 26.0 Å². The first-order valence-electron chi connectivity index (χ1n) is 6.29. The Morgan fingerprint density at radius 1 is 1.39 bits per heavy atom. The quantitative estimate of drug-likeness (QED) is 0.772. The van der Waals surface area contributed by atoms with Crippen LogP contribution in [-0.4, -0.2) is 44.5 Å². The molecule has 0 bridgehead atoms. The van der Waals surface area contributed by atoms with Crippen molar-refractivity contribution in [2.24, 2.45) is 0 Å². The molecule has 1 aromatic rings. The Bertz CT molecular complexity index is 355. The Kier molecular flexibility index (Phi) is 5.95. The van der Waals surface area contributed by atoms with Crippen molar-refractivity contribution < 1.29 is 9.84 Å². The second kappa shape index (κ2) is 7.24. The highest BCUT2D eigenvalue weighted by molar-refractivity contribution is 5.50. The fourth-order valence-electron chi connectivity index (χ4n) is 1.71. The molecular formula is C14H24N2O2. The Morgan fingerprint density at radius 3 is 2.72 bits per heavy atom. The van der Waals surface area contributed by atoms with Crippen LogP contribution in [0.25, 0.3) is 0 Å². The number of hydrogen-bond acceptors (Lipinski definition) is 4. The molecule has 0 aliphatic carbocycles. The van der Waals surface area contributed by atoms with E-state index in [4.69, 9.17) is 4.74 Å². The highest BCUT2D eigenvalue weighted by Crippen LogP contribution is 2.19. The van der Waals surface area contributed by atoms with Crippen LogP contribution >= 0.6 is 0 Å². The summed E-state index contributed by atoms with van der Waals surface area (Å²) in [5, 5.41) is 13.1. The molecule has 0 saturated carbocycles. The van der Waals surface area contributed by atoms with Crippen molar-refractivity contribution in [3.05, 3.63) is 24.3 Å². The maximum Gasteiger partial charge on any atom is 0.120 e. The number of anilines is 1. The lowest BCUT2D eigenvalue weighted by Crippen LogP contribution is -2.38. The fraction of sp³-hybridized carbons (Fsp3) is 0.571. The molecule has 1 atom stereocenters. The van der Waals surface area contributed by atoms with E-state index >= 15 is 0 Å². The van der Waals surface area contributed by atoms with Crippen LogP contribution in [0.3, 0.4) is 0 Å². The van der Waals surface area contributed by atoms with E-state index in [0.29, 0.717) is 19.1 Å². The van der Waals surface area contributed by atoms with Gasteiger partial charge in [0.2, 0.25) is 0 Å². The average Bonchev–Trinajstić information content (AvgIpc) is 2.36. The van der Waals surface area contributed by atoms with E-state index in [0.717, 1.165) is 11.4 Å². The molecule has 2 N–H and O–H groups in total. The first kappa shape index (κ1) is 14.8. The van der Waals surface area contributed by atoms with Gasteiger partial charge in [0, 0.05) is 37.9 Å². The SMILES string of the molecule is COc1cccc(N(C)CC(O)CNC(C)C)c1. The van der Waals surface area contributed by atoms with Crippen LogP contribution < -0.4 is 15.0 Å².